The predicted octanol–water partition coefficient (Wildman–Crippen LogP) is 4.37. The molecule has 0 radical (unpaired) electrons. The van der Waals surface area contributed by atoms with E-state index in [9.17, 15) is 27.2 Å². The summed E-state index contributed by atoms with van der Waals surface area (Å²) in [6.45, 7) is 1.45. The quantitative estimate of drug-likeness (QED) is 0.429. The lowest BCUT2D eigenvalue weighted by Gasteiger charge is -2.13. The van der Waals surface area contributed by atoms with Gasteiger partial charge in [0, 0.05) is 5.38 Å². The van der Waals surface area contributed by atoms with Gasteiger partial charge in [-0.15, -0.1) is 24.5 Å². The van der Waals surface area contributed by atoms with E-state index in [2.05, 4.69) is 20.4 Å². The van der Waals surface area contributed by atoms with E-state index in [-0.39, 0.29) is 36.5 Å². The van der Waals surface area contributed by atoms with Crippen molar-refractivity contribution in [2.45, 2.75) is 25.9 Å². The molecule has 1 aromatic heterocycles. The van der Waals surface area contributed by atoms with Gasteiger partial charge in [0.1, 0.15) is 28.0 Å². The smallest absolute Gasteiger partial charge is 0.484 e. The Labute approximate surface area is 195 Å². The Hall–Kier alpha value is -3.67. The molecule has 0 bridgehead atoms. The fourth-order valence-electron chi connectivity index (χ4n) is 2.71. The summed E-state index contributed by atoms with van der Waals surface area (Å²) in [4.78, 5) is 28.5. The molecule has 0 aliphatic heterocycles. The van der Waals surface area contributed by atoms with Gasteiger partial charge in [-0.2, -0.15) is 0 Å². The third-order valence-corrected chi connectivity index (χ3v) is 5.21. The van der Waals surface area contributed by atoms with E-state index in [0.29, 0.717) is 5.01 Å². The third kappa shape index (κ3) is 7.73. The highest BCUT2D eigenvalue weighted by Crippen LogP contribution is 2.24. The summed E-state index contributed by atoms with van der Waals surface area (Å²) < 4.78 is 58.5. The molecule has 0 aliphatic carbocycles. The zero-order valence-corrected chi connectivity index (χ0v) is 18.5. The van der Waals surface area contributed by atoms with Crippen molar-refractivity contribution < 1.29 is 36.6 Å². The Morgan fingerprint density at radius 3 is 2.35 bits per heavy atom. The standard InChI is InChI=1S/C22H19F4N3O4S/c1-13(14-2-4-15(23)5-3-14)28-21(31)18-12-34-20(29-18)10-27-19(30)11-32-16-6-8-17(9-7-16)33-22(24,25)26/h2-9,12-13H,10-11H2,1H3,(H,27,30)(H,28,31). The summed E-state index contributed by atoms with van der Waals surface area (Å²) in [6, 6.07) is 10.0. The first-order chi connectivity index (χ1) is 16.1. The van der Waals surface area contributed by atoms with Crippen LogP contribution in [0.3, 0.4) is 0 Å². The highest BCUT2D eigenvalue weighted by Gasteiger charge is 2.31. The Bertz CT molecular complexity index is 1120. The number of amides is 2. The normalized spacial score (nSPS) is 12.0. The van der Waals surface area contributed by atoms with Crippen LogP contribution in [0, 0.1) is 5.82 Å². The van der Waals surface area contributed by atoms with Gasteiger partial charge >= 0.3 is 6.36 Å². The highest BCUT2D eigenvalue weighted by atomic mass is 32.1. The molecule has 2 amide bonds. The van der Waals surface area contributed by atoms with Gasteiger partial charge in [-0.05, 0) is 48.9 Å². The van der Waals surface area contributed by atoms with Gasteiger partial charge in [0.2, 0.25) is 0 Å². The van der Waals surface area contributed by atoms with Crippen LogP contribution in [0.1, 0.15) is 34.0 Å². The molecule has 7 nitrogen and oxygen atoms in total. The van der Waals surface area contributed by atoms with Crippen LogP contribution in [0.15, 0.2) is 53.9 Å². The van der Waals surface area contributed by atoms with Crippen molar-refractivity contribution in [1.29, 1.82) is 0 Å². The van der Waals surface area contributed by atoms with Gasteiger partial charge in [0.15, 0.2) is 6.61 Å². The molecule has 0 fully saturated rings. The van der Waals surface area contributed by atoms with Crippen LogP contribution >= 0.6 is 11.3 Å². The molecule has 0 aliphatic rings. The van der Waals surface area contributed by atoms with Gasteiger partial charge in [-0.3, -0.25) is 9.59 Å². The molecule has 2 aromatic carbocycles. The number of benzene rings is 2. The number of hydrogen-bond acceptors (Lipinski definition) is 6. The SMILES string of the molecule is CC(NC(=O)c1csc(CNC(=O)COc2ccc(OC(F)(F)F)cc2)n1)c1ccc(F)cc1. The molecule has 0 saturated heterocycles. The maximum atomic E-state index is 13.0. The molecule has 0 spiro atoms. The lowest BCUT2D eigenvalue weighted by molar-refractivity contribution is -0.274. The van der Waals surface area contributed by atoms with E-state index in [0.717, 1.165) is 17.7 Å². The number of aromatic nitrogens is 1. The number of nitrogens with zero attached hydrogens (tertiary/aromatic N) is 1. The summed E-state index contributed by atoms with van der Waals surface area (Å²) in [6.07, 6.45) is -4.79. The van der Waals surface area contributed by atoms with Gasteiger partial charge in [-0.1, -0.05) is 12.1 Å². The lowest BCUT2D eigenvalue weighted by Crippen LogP contribution is -2.29. The minimum Gasteiger partial charge on any atom is -0.484 e. The van der Waals surface area contributed by atoms with Crippen LogP contribution in [-0.2, 0) is 11.3 Å². The van der Waals surface area contributed by atoms with Crippen LogP contribution in [0.2, 0.25) is 0 Å². The molecule has 180 valence electrons. The van der Waals surface area contributed by atoms with Crippen molar-refractivity contribution in [3.63, 3.8) is 0 Å². The molecule has 1 heterocycles. The van der Waals surface area contributed by atoms with Crippen molar-refractivity contribution >= 4 is 23.2 Å². The second-order valence-electron chi connectivity index (χ2n) is 6.96. The van der Waals surface area contributed by atoms with E-state index in [1.807, 2.05) is 0 Å². The summed E-state index contributed by atoms with van der Waals surface area (Å²) in [5.41, 5.74) is 0.917. The Morgan fingerprint density at radius 2 is 1.71 bits per heavy atom. The second-order valence-corrected chi connectivity index (χ2v) is 7.90. The Kier molecular flexibility index (Phi) is 8.05. The average Bonchev–Trinajstić information content (AvgIpc) is 3.26. The topological polar surface area (TPSA) is 89.6 Å². The Balaban J connectivity index is 1.43. The number of rotatable bonds is 9. The predicted molar refractivity (Wildman–Crippen MR) is 115 cm³/mol. The van der Waals surface area contributed by atoms with Crippen molar-refractivity contribution in [1.82, 2.24) is 15.6 Å². The first-order valence-corrected chi connectivity index (χ1v) is 10.7. The zero-order valence-electron chi connectivity index (χ0n) is 17.7. The van der Waals surface area contributed by atoms with Crippen LogP contribution < -0.4 is 20.1 Å². The van der Waals surface area contributed by atoms with Crippen LogP contribution in [0.25, 0.3) is 0 Å². The number of carbonyl (C=O) groups excluding carboxylic acids is 2. The van der Waals surface area contributed by atoms with Crippen molar-refractivity contribution in [3.8, 4) is 11.5 Å². The number of nitrogens with one attached hydrogen (secondary N) is 2. The molecule has 0 saturated carbocycles. The van der Waals surface area contributed by atoms with E-state index >= 15 is 0 Å². The van der Waals surface area contributed by atoms with E-state index in [4.69, 9.17) is 4.74 Å². The lowest BCUT2D eigenvalue weighted by atomic mass is 10.1. The van der Waals surface area contributed by atoms with E-state index < -0.39 is 23.9 Å². The first-order valence-electron chi connectivity index (χ1n) is 9.85. The van der Waals surface area contributed by atoms with Gasteiger partial charge in [0.25, 0.3) is 11.8 Å². The number of hydrogen-bond donors (Lipinski definition) is 2. The second kappa shape index (κ2) is 11.0. The maximum absolute atomic E-state index is 13.0. The van der Waals surface area contributed by atoms with Gasteiger partial charge in [0.05, 0.1) is 12.6 Å². The van der Waals surface area contributed by atoms with Crippen LogP contribution in [0.5, 0.6) is 11.5 Å². The minimum absolute atomic E-state index is 0.0615. The monoisotopic (exact) mass is 497 g/mol. The molecular formula is C22H19F4N3O4S. The molecule has 1 atom stereocenters. The van der Waals surface area contributed by atoms with Crippen LogP contribution in [-0.4, -0.2) is 29.8 Å². The molecule has 12 heteroatoms. The molecule has 34 heavy (non-hydrogen) atoms. The summed E-state index contributed by atoms with van der Waals surface area (Å²) in [5.74, 6) is -1.48. The number of carbonyl (C=O) groups is 2. The fraction of sp³-hybridized carbons (Fsp3) is 0.227. The Morgan fingerprint density at radius 1 is 1.06 bits per heavy atom. The third-order valence-electron chi connectivity index (χ3n) is 4.37. The van der Waals surface area contributed by atoms with Crippen molar-refractivity contribution in [3.05, 3.63) is 76.0 Å². The number of thiazole rings is 1. The molecule has 2 N–H and O–H groups in total. The summed E-state index contributed by atoms with van der Waals surface area (Å²) >= 11 is 1.18. The number of alkyl halides is 3. The summed E-state index contributed by atoms with van der Waals surface area (Å²) in [7, 11) is 0. The minimum atomic E-state index is -4.79. The highest BCUT2D eigenvalue weighted by molar-refractivity contribution is 7.09. The first kappa shape index (κ1) is 25.0. The van der Waals surface area contributed by atoms with Crippen molar-refractivity contribution in [2.75, 3.05) is 6.61 Å². The van der Waals surface area contributed by atoms with Gasteiger partial charge < -0.3 is 20.1 Å². The largest absolute Gasteiger partial charge is 0.573 e. The van der Waals surface area contributed by atoms with Crippen molar-refractivity contribution in [2.24, 2.45) is 0 Å². The van der Waals surface area contributed by atoms with Crippen LogP contribution in [0.4, 0.5) is 17.6 Å². The van der Waals surface area contributed by atoms with E-state index in [1.54, 1.807) is 24.4 Å². The summed E-state index contributed by atoms with van der Waals surface area (Å²) in [5, 5.41) is 7.39. The average molecular weight is 497 g/mol. The number of halogens is 4. The fourth-order valence-corrected chi connectivity index (χ4v) is 3.43. The number of ether oxygens (including phenoxy) is 2. The molecule has 1 unspecified atom stereocenters. The van der Waals surface area contributed by atoms with E-state index in [1.165, 1.54) is 35.6 Å². The maximum Gasteiger partial charge on any atom is 0.573 e. The molecule has 3 aromatic rings. The zero-order chi connectivity index (χ0) is 24.7. The molecule has 3 rings (SSSR count). The molecular weight excluding hydrogens is 478 g/mol. The van der Waals surface area contributed by atoms with Gasteiger partial charge in [-0.25, -0.2) is 9.37 Å².